The summed E-state index contributed by atoms with van der Waals surface area (Å²) in [5.41, 5.74) is 2.38. The number of aryl methyl sites for hydroxylation is 2. The Kier molecular flexibility index (Phi) is 5.76. The summed E-state index contributed by atoms with van der Waals surface area (Å²) in [6.45, 7) is 6.10. The van der Waals surface area contributed by atoms with Gasteiger partial charge in [-0.2, -0.15) is 0 Å². The number of ether oxygens (including phenoxy) is 1. The van der Waals surface area contributed by atoms with Gasteiger partial charge >= 0.3 is 5.97 Å². The first-order valence-corrected chi connectivity index (χ1v) is 10.6. The number of benzene rings is 2. The normalized spacial score (nSPS) is 17.5. The number of nitrogens with zero attached hydrogens (tertiary/aromatic N) is 3. The molecular weight excluding hydrogens is 420 g/mol. The molecule has 0 saturated heterocycles. The van der Waals surface area contributed by atoms with E-state index in [1.165, 1.54) is 18.3 Å². The number of hydrogen-bond donors (Lipinski definition) is 1. The van der Waals surface area contributed by atoms with Gasteiger partial charge in [0, 0.05) is 12.2 Å². The Hall–Kier alpha value is -3.94. The minimum atomic E-state index is -1.25. The molecule has 0 fully saturated rings. The summed E-state index contributed by atoms with van der Waals surface area (Å²) in [6, 6.07) is 15.2. The molecule has 0 aliphatic carbocycles. The first-order valence-electron chi connectivity index (χ1n) is 10.6. The number of nitrogens with one attached hydrogen (secondary N) is 1. The van der Waals surface area contributed by atoms with E-state index in [1.54, 1.807) is 17.6 Å². The number of carbonyl (C=O) groups is 3. The Morgan fingerprint density at radius 1 is 1.12 bits per heavy atom. The van der Waals surface area contributed by atoms with E-state index in [4.69, 9.17) is 4.74 Å². The summed E-state index contributed by atoms with van der Waals surface area (Å²) < 4.78 is 6.35. The fourth-order valence-corrected chi connectivity index (χ4v) is 4.13. The van der Waals surface area contributed by atoms with Crippen LogP contribution in [0.1, 0.15) is 44.6 Å². The van der Waals surface area contributed by atoms with Crippen molar-refractivity contribution in [2.75, 3.05) is 12.0 Å². The lowest BCUT2D eigenvalue weighted by molar-refractivity contribution is -0.126. The van der Waals surface area contributed by atoms with Crippen molar-refractivity contribution < 1.29 is 19.1 Å². The van der Waals surface area contributed by atoms with Gasteiger partial charge in [-0.25, -0.2) is 9.78 Å². The zero-order chi connectivity index (χ0) is 23.8. The van der Waals surface area contributed by atoms with Crippen LogP contribution in [0, 0.1) is 13.8 Å². The number of hydrogen-bond acceptors (Lipinski definition) is 5. The van der Waals surface area contributed by atoms with Crippen LogP contribution in [0.3, 0.4) is 0 Å². The molecule has 8 nitrogen and oxygen atoms in total. The van der Waals surface area contributed by atoms with Crippen molar-refractivity contribution in [1.29, 1.82) is 0 Å². The van der Waals surface area contributed by atoms with Gasteiger partial charge in [0.05, 0.1) is 20.0 Å². The van der Waals surface area contributed by atoms with Crippen LogP contribution >= 0.6 is 0 Å². The van der Waals surface area contributed by atoms with Crippen molar-refractivity contribution in [2.45, 2.75) is 39.4 Å². The highest BCUT2D eigenvalue weighted by Gasteiger charge is 2.49. The first kappa shape index (κ1) is 22.3. The van der Waals surface area contributed by atoms with Crippen molar-refractivity contribution in [2.24, 2.45) is 0 Å². The van der Waals surface area contributed by atoms with Crippen LogP contribution in [-0.2, 0) is 22.6 Å². The second kappa shape index (κ2) is 8.54. The van der Waals surface area contributed by atoms with Crippen LogP contribution in [0.2, 0.25) is 0 Å². The van der Waals surface area contributed by atoms with Crippen molar-refractivity contribution in [3.8, 4) is 0 Å². The molecule has 8 heteroatoms. The van der Waals surface area contributed by atoms with E-state index in [0.717, 1.165) is 16.7 Å². The smallest absolute Gasteiger partial charge is 0.359 e. The topological polar surface area (TPSA) is 93.5 Å². The monoisotopic (exact) mass is 446 g/mol. The quantitative estimate of drug-likeness (QED) is 0.608. The van der Waals surface area contributed by atoms with Gasteiger partial charge in [0.15, 0.2) is 5.69 Å². The summed E-state index contributed by atoms with van der Waals surface area (Å²) in [7, 11) is 1.24. The maximum absolute atomic E-state index is 13.7. The number of anilines is 1. The third-order valence-corrected chi connectivity index (χ3v) is 5.92. The highest BCUT2D eigenvalue weighted by atomic mass is 16.5. The Bertz CT molecular complexity index is 1230. The average molecular weight is 447 g/mol. The van der Waals surface area contributed by atoms with Crippen LogP contribution in [-0.4, -0.2) is 40.0 Å². The van der Waals surface area contributed by atoms with E-state index < -0.39 is 17.4 Å². The van der Waals surface area contributed by atoms with Crippen LogP contribution in [0.15, 0.2) is 54.9 Å². The second-order valence-corrected chi connectivity index (χ2v) is 8.48. The van der Waals surface area contributed by atoms with Gasteiger partial charge in [-0.15, -0.1) is 0 Å². The minimum absolute atomic E-state index is 0.0673. The van der Waals surface area contributed by atoms with E-state index in [0.29, 0.717) is 12.2 Å². The van der Waals surface area contributed by atoms with Gasteiger partial charge in [-0.1, -0.05) is 42.0 Å². The molecule has 33 heavy (non-hydrogen) atoms. The van der Waals surface area contributed by atoms with Crippen LogP contribution in [0.5, 0.6) is 0 Å². The average Bonchev–Trinajstić information content (AvgIpc) is 3.21. The van der Waals surface area contributed by atoms with Crippen molar-refractivity contribution in [1.82, 2.24) is 14.9 Å². The Balaban J connectivity index is 1.74. The molecule has 170 valence electrons. The Morgan fingerprint density at radius 2 is 1.85 bits per heavy atom. The Morgan fingerprint density at radius 3 is 2.52 bits per heavy atom. The predicted octanol–water partition coefficient (Wildman–Crippen LogP) is 3.02. The molecular formula is C25H26N4O4. The molecule has 0 unspecified atom stereocenters. The van der Waals surface area contributed by atoms with Gasteiger partial charge < -0.3 is 14.6 Å². The number of carbonyl (C=O) groups excluding carboxylic acids is 3. The van der Waals surface area contributed by atoms with Gasteiger partial charge in [0.2, 0.25) is 5.91 Å². The summed E-state index contributed by atoms with van der Waals surface area (Å²) in [6.07, 6.45) is 1.40. The van der Waals surface area contributed by atoms with Gasteiger partial charge in [0.1, 0.15) is 11.2 Å². The molecule has 1 N–H and O–H groups in total. The third kappa shape index (κ3) is 4.00. The SMILES string of the molecule is COC(=O)c1ncn2c1C(=O)N(c1cccc(C)c1)[C@@](C)(C(=O)NCc1ccc(C)cc1)C2. The molecule has 1 aliphatic rings. The number of esters is 1. The van der Waals surface area contributed by atoms with E-state index in [2.05, 4.69) is 10.3 Å². The highest BCUT2D eigenvalue weighted by molar-refractivity contribution is 6.15. The van der Waals surface area contributed by atoms with Crippen LogP contribution in [0.25, 0.3) is 0 Å². The Labute approximate surface area is 192 Å². The van der Waals surface area contributed by atoms with Crippen LogP contribution < -0.4 is 10.2 Å². The lowest BCUT2D eigenvalue weighted by atomic mass is 9.93. The van der Waals surface area contributed by atoms with E-state index >= 15 is 0 Å². The molecule has 0 bridgehead atoms. The standard InChI is InChI=1S/C25H26N4O4/c1-16-8-10-18(11-9-16)13-26-24(32)25(3)14-28-15-27-20(23(31)33-4)21(28)22(30)29(25)19-7-5-6-17(2)12-19/h5-12,15H,13-14H2,1-4H3,(H,26,32)/t25-/m1/s1. The van der Waals surface area contributed by atoms with E-state index in [-0.39, 0.29) is 23.8 Å². The molecule has 0 radical (unpaired) electrons. The van der Waals surface area contributed by atoms with E-state index in [1.807, 2.05) is 56.3 Å². The van der Waals surface area contributed by atoms with Crippen molar-refractivity contribution >= 4 is 23.5 Å². The summed E-state index contributed by atoms with van der Waals surface area (Å²) in [4.78, 5) is 45.1. The fraction of sp³-hybridized carbons (Fsp3) is 0.280. The lowest BCUT2D eigenvalue weighted by Crippen LogP contribution is -2.64. The van der Waals surface area contributed by atoms with Crippen molar-refractivity contribution in [3.63, 3.8) is 0 Å². The zero-order valence-electron chi connectivity index (χ0n) is 19.1. The first-order chi connectivity index (χ1) is 15.7. The molecule has 0 spiro atoms. The largest absolute Gasteiger partial charge is 0.464 e. The number of imidazole rings is 1. The maximum Gasteiger partial charge on any atom is 0.359 e. The zero-order valence-corrected chi connectivity index (χ0v) is 19.1. The lowest BCUT2D eigenvalue weighted by Gasteiger charge is -2.43. The molecule has 2 amide bonds. The maximum atomic E-state index is 13.7. The molecule has 1 aliphatic heterocycles. The summed E-state index contributed by atoms with van der Waals surface area (Å²) in [5.74, 6) is -1.50. The molecule has 2 heterocycles. The van der Waals surface area contributed by atoms with Gasteiger partial charge in [-0.3, -0.25) is 14.5 Å². The summed E-state index contributed by atoms with van der Waals surface area (Å²) >= 11 is 0. The molecule has 0 saturated carbocycles. The molecule has 1 atom stereocenters. The van der Waals surface area contributed by atoms with Gasteiger partial charge in [0.25, 0.3) is 5.91 Å². The van der Waals surface area contributed by atoms with Crippen LogP contribution in [0.4, 0.5) is 5.69 Å². The number of amides is 2. The number of methoxy groups -OCH3 is 1. The van der Waals surface area contributed by atoms with Gasteiger partial charge in [-0.05, 0) is 44.0 Å². The molecule has 1 aromatic heterocycles. The minimum Gasteiger partial charge on any atom is -0.464 e. The number of aromatic nitrogens is 2. The molecule has 4 rings (SSSR count). The highest BCUT2D eigenvalue weighted by Crippen LogP contribution is 2.34. The fourth-order valence-electron chi connectivity index (χ4n) is 4.13. The molecule has 2 aromatic carbocycles. The predicted molar refractivity (Wildman–Crippen MR) is 123 cm³/mol. The second-order valence-electron chi connectivity index (χ2n) is 8.48. The molecule has 3 aromatic rings. The van der Waals surface area contributed by atoms with E-state index in [9.17, 15) is 14.4 Å². The number of fused-ring (bicyclic) bond motifs is 1. The number of rotatable bonds is 5. The third-order valence-electron chi connectivity index (χ3n) is 5.92. The summed E-state index contributed by atoms with van der Waals surface area (Å²) in [5, 5.41) is 2.98. The van der Waals surface area contributed by atoms with Crippen molar-refractivity contribution in [3.05, 3.63) is 82.9 Å².